The lowest BCUT2D eigenvalue weighted by molar-refractivity contribution is -0.116. The van der Waals surface area contributed by atoms with E-state index in [2.05, 4.69) is 0 Å². The third-order valence-electron chi connectivity index (χ3n) is 1.35. The van der Waals surface area contributed by atoms with Crippen molar-refractivity contribution in [2.75, 3.05) is 14.2 Å². The van der Waals surface area contributed by atoms with Crippen LogP contribution in [0.4, 0.5) is 0 Å². The van der Waals surface area contributed by atoms with Crippen molar-refractivity contribution in [1.29, 1.82) is 0 Å². The van der Waals surface area contributed by atoms with E-state index in [-0.39, 0.29) is 0 Å². The highest BCUT2D eigenvalue weighted by Crippen LogP contribution is 2.24. The van der Waals surface area contributed by atoms with Gasteiger partial charge in [0.25, 0.3) is 0 Å². The molecule has 0 aliphatic heterocycles. The molecule has 42 valence electrons. The summed E-state index contributed by atoms with van der Waals surface area (Å²) >= 11 is 0. The van der Waals surface area contributed by atoms with Crippen molar-refractivity contribution < 1.29 is 4.84 Å². The number of hydrogen-bond acceptors (Lipinski definition) is 2. The average molecular weight is 101 g/mol. The van der Waals surface area contributed by atoms with Crippen molar-refractivity contribution in [3.05, 3.63) is 0 Å². The fourth-order valence-corrected chi connectivity index (χ4v) is 0.587. The molecule has 0 unspecified atom stereocenters. The summed E-state index contributed by atoms with van der Waals surface area (Å²) in [5, 5.41) is 1.90. The van der Waals surface area contributed by atoms with Crippen molar-refractivity contribution >= 4 is 0 Å². The van der Waals surface area contributed by atoms with Gasteiger partial charge in [-0.2, -0.15) is 5.06 Å². The minimum atomic E-state index is 0.727. The van der Waals surface area contributed by atoms with Crippen LogP contribution in [0.15, 0.2) is 0 Å². The Balaban J connectivity index is 2.10. The Morgan fingerprint density at radius 1 is 1.57 bits per heavy atom. The maximum absolute atomic E-state index is 4.91. The molecule has 0 bridgehead atoms. The maximum Gasteiger partial charge on any atom is 0.0575 e. The van der Waals surface area contributed by atoms with Crippen LogP contribution in [0.5, 0.6) is 0 Å². The molecule has 0 atom stereocenters. The lowest BCUT2D eigenvalue weighted by Gasteiger charge is -2.09. The topological polar surface area (TPSA) is 12.5 Å². The number of nitrogens with zero attached hydrogens (tertiary/aromatic N) is 1. The Morgan fingerprint density at radius 3 is 2.29 bits per heavy atom. The van der Waals surface area contributed by atoms with Gasteiger partial charge in [-0.25, -0.2) is 0 Å². The van der Waals surface area contributed by atoms with E-state index in [9.17, 15) is 0 Å². The van der Waals surface area contributed by atoms with E-state index in [1.54, 1.807) is 7.11 Å². The fraction of sp³-hybridized carbons (Fsp3) is 1.00. The highest BCUT2D eigenvalue weighted by atomic mass is 16.7. The summed E-state index contributed by atoms with van der Waals surface area (Å²) in [5.74, 6) is 0. The van der Waals surface area contributed by atoms with Gasteiger partial charge >= 0.3 is 0 Å². The molecule has 0 radical (unpaired) electrons. The summed E-state index contributed by atoms with van der Waals surface area (Å²) in [4.78, 5) is 4.91. The second-order valence-corrected chi connectivity index (χ2v) is 1.96. The highest BCUT2D eigenvalue weighted by Gasteiger charge is 2.25. The van der Waals surface area contributed by atoms with Crippen LogP contribution < -0.4 is 0 Å². The van der Waals surface area contributed by atoms with Crippen LogP contribution in [0.2, 0.25) is 0 Å². The molecule has 0 aromatic heterocycles. The van der Waals surface area contributed by atoms with Crippen molar-refractivity contribution in [3.63, 3.8) is 0 Å². The van der Waals surface area contributed by atoms with Crippen molar-refractivity contribution in [3.8, 4) is 0 Å². The van der Waals surface area contributed by atoms with Crippen LogP contribution in [-0.2, 0) is 4.84 Å². The van der Waals surface area contributed by atoms with Gasteiger partial charge in [-0.15, -0.1) is 0 Å². The Labute approximate surface area is 44.0 Å². The summed E-state index contributed by atoms with van der Waals surface area (Å²) in [6.45, 7) is 0. The third-order valence-corrected chi connectivity index (χ3v) is 1.35. The predicted octanol–water partition coefficient (Wildman–Crippen LogP) is 0.642. The summed E-state index contributed by atoms with van der Waals surface area (Å²) in [5.41, 5.74) is 0. The zero-order valence-corrected chi connectivity index (χ0v) is 4.85. The molecule has 0 amide bonds. The molecule has 0 N–H and O–H groups in total. The third kappa shape index (κ3) is 1.14. The van der Waals surface area contributed by atoms with E-state index < -0.39 is 0 Å². The normalized spacial score (nSPS) is 21.0. The lowest BCUT2D eigenvalue weighted by Crippen LogP contribution is -2.18. The first-order chi connectivity index (χ1) is 3.34. The molecule has 1 aliphatic carbocycles. The van der Waals surface area contributed by atoms with Gasteiger partial charge in [0.1, 0.15) is 0 Å². The zero-order valence-electron chi connectivity index (χ0n) is 4.85. The van der Waals surface area contributed by atoms with Gasteiger partial charge in [0.05, 0.1) is 7.11 Å². The van der Waals surface area contributed by atoms with Gasteiger partial charge in [-0.1, -0.05) is 0 Å². The van der Waals surface area contributed by atoms with Crippen LogP contribution in [0, 0.1) is 0 Å². The molecular formula is C5H11NO. The van der Waals surface area contributed by atoms with Crippen molar-refractivity contribution in [2.24, 2.45) is 0 Å². The Morgan fingerprint density at radius 2 is 2.14 bits per heavy atom. The summed E-state index contributed by atoms with van der Waals surface area (Å²) in [6, 6.07) is 0.727. The molecule has 2 nitrogen and oxygen atoms in total. The molecule has 1 rings (SSSR count). The fourth-order valence-electron chi connectivity index (χ4n) is 0.587. The Hall–Kier alpha value is -0.0800. The molecular weight excluding hydrogens is 90.1 g/mol. The van der Waals surface area contributed by atoms with Gasteiger partial charge in [0.2, 0.25) is 0 Å². The molecule has 1 fully saturated rings. The van der Waals surface area contributed by atoms with Gasteiger partial charge in [-0.05, 0) is 12.8 Å². The average Bonchev–Trinajstić information content (AvgIpc) is 2.44. The summed E-state index contributed by atoms with van der Waals surface area (Å²) in [7, 11) is 3.68. The Kier molecular flexibility index (Phi) is 1.30. The van der Waals surface area contributed by atoms with Crippen LogP contribution >= 0.6 is 0 Å². The highest BCUT2D eigenvalue weighted by molar-refractivity contribution is 4.78. The molecule has 1 saturated carbocycles. The minimum Gasteiger partial charge on any atom is -0.302 e. The van der Waals surface area contributed by atoms with E-state index in [1.807, 2.05) is 12.1 Å². The number of rotatable bonds is 2. The van der Waals surface area contributed by atoms with Crippen LogP contribution in [0.3, 0.4) is 0 Å². The van der Waals surface area contributed by atoms with E-state index in [1.165, 1.54) is 12.8 Å². The van der Waals surface area contributed by atoms with Crippen LogP contribution in [-0.4, -0.2) is 25.3 Å². The Bertz CT molecular complexity index is 61.1. The second kappa shape index (κ2) is 1.80. The lowest BCUT2D eigenvalue weighted by atomic mass is 10.7. The number of hydrogen-bond donors (Lipinski definition) is 0. The summed E-state index contributed by atoms with van der Waals surface area (Å²) in [6.07, 6.45) is 2.62. The van der Waals surface area contributed by atoms with E-state index in [4.69, 9.17) is 4.84 Å². The zero-order chi connectivity index (χ0) is 5.28. The predicted molar refractivity (Wildman–Crippen MR) is 27.8 cm³/mol. The monoisotopic (exact) mass is 101 g/mol. The van der Waals surface area contributed by atoms with Gasteiger partial charge in [0, 0.05) is 13.1 Å². The van der Waals surface area contributed by atoms with Gasteiger partial charge in [0.15, 0.2) is 0 Å². The van der Waals surface area contributed by atoms with Crippen molar-refractivity contribution in [2.45, 2.75) is 18.9 Å². The second-order valence-electron chi connectivity index (χ2n) is 1.96. The summed E-state index contributed by atoms with van der Waals surface area (Å²) < 4.78 is 0. The first kappa shape index (κ1) is 5.06. The smallest absolute Gasteiger partial charge is 0.0575 e. The van der Waals surface area contributed by atoms with E-state index >= 15 is 0 Å². The van der Waals surface area contributed by atoms with E-state index in [0.29, 0.717) is 0 Å². The molecule has 7 heavy (non-hydrogen) atoms. The van der Waals surface area contributed by atoms with Crippen molar-refractivity contribution in [1.82, 2.24) is 5.06 Å². The number of hydroxylamine groups is 2. The SMILES string of the molecule is CON(C)C1CC1. The molecule has 0 aromatic rings. The molecule has 0 spiro atoms. The minimum absolute atomic E-state index is 0.727. The van der Waals surface area contributed by atoms with Crippen LogP contribution in [0.1, 0.15) is 12.8 Å². The maximum atomic E-state index is 4.91. The molecule has 0 saturated heterocycles. The molecule has 2 heteroatoms. The van der Waals surface area contributed by atoms with Gasteiger partial charge in [-0.3, -0.25) is 0 Å². The molecule has 0 heterocycles. The molecule has 0 aromatic carbocycles. The van der Waals surface area contributed by atoms with Gasteiger partial charge < -0.3 is 4.84 Å². The first-order valence-electron chi connectivity index (χ1n) is 2.61. The quantitative estimate of drug-likeness (QED) is 0.473. The van der Waals surface area contributed by atoms with Crippen LogP contribution in [0.25, 0.3) is 0 Å². The molecule has 1 aliphatic rings. The first-order valence-corrected chi connectivity index (χ1v) is 2.61. The largest absolute Gasteiger partial charge is 0.302 e. The van der Waals surface area contributed by atoms with E-state index in [0.717, 1.165) is 6.04 Å². The standard InChI is InChI=1S/C5H11NO/c1-6(7-2)5-3-4-5/h5H,3-4H2,1-2H3.